The van der Waals surface area contributed by atoms with E-state index in [4.69, 9.17) is 4.98 Å². The zero-order valence-electron chi connectivity index (χ0n) is 11.6. The number of nitrogens with zero attached hydrogens (tertiary/aromatic N) is 2. The van der Waals surface area contributed by atoms with Gasteiger partial charge in [-0.25, -0.2) is 4.98 Å². The van der Waals surface area contributed by atoms with Crippen molar-refractivity contribution in [1.29, 1.82) is 0 Å². The molecule has 1 aliphatic carbocycles. The summed E-state index contributed by atoms with van der Waals surface area (Å²) in [5, 5.41) is 7.08. The Bertz CT molecular complexity index is 341. The molecule has 3 nitrogen and oxygen atoms in total. The van der Waals surface area contributed by atoms with Crippen LogP contribution in [-0.4, -0.2) is 29.0 Å². The topological polar surface area (TPSA) is 28.2 Å². The molecule has 1 aliphatic rings. The van der Waals surface area contributed by atoms with Crippen molar-refractivity contribution in [3.8, 4) is 0 Å². The normalized spacial score (nSPS) is 16.8. The van der Waals surface area contributed by atoms with Gasteiger partial charge in [0.05, 0.1) is 12.2 Å². The largest absolute Gasteiger partial charge is 0.308 e. The quantitative estimate of drug-likeness (QED) is 0.823. The fraction of sp³-hybridized carbons (Fsp3) is 0.786. The molecule has 4 heteroatoms. The number of hydrogen-bond donors (Lipinski definition) is 1. The van der Waals surface area contributed by atoms with Crippen molar-refractivity contribution in [2.24, 2.45) is 0 Å². The summed E-state index contributed by atoms with van der Waals surface area (Å²) in [7, 11) is 0. The van der Waals surface area contributed by atoms with Crippen molar-refractivity contribution < 1.29 is 0 Å². The molecule has 0 spiro atoms. The van der Waals surface area contributed by atoms with E-state index < -0.39 is 0 Å². The Morgan fingerprint density at radius 1 is 1.33 bits per heavy atom. The van der Waals surface area contributed by atoms with Crippen LogP contribution in [0.1, 0.15) is 50.2 Å². The minimum absolute atomic E-state index is 0.734. The molecule has 0 aromatic carbocycles. The summed E-state index contributed by atoms with van der Waals surface area (Å²) < 4.78 is 0. The maximum Gasteiger partial charge on any atom is 0.107 e. The van der Waals surface area contributed by atoms with Crippen LogP contribution in [0.3, 0.4) is 0 Å². The molecule has 1 saturated carbocycles. The van der Waals surface area contributed by atoms with Crippen LogP contribution in [0.4, 0.5) is 0 Å². The van der Waals surface area contributed by atoms with Crippen molar-refractivity contribution >= 4 is 11.3 Å². The summed E-state index contributed by atoms with van der Waals surface area (Å²) >= 11 is 1.80. The maximum absolute atomic E-state index is 4.72. The van der Waals surface area contributed by atoms with E-state index in [2.05, 4.69) is 29.4 Å². The third-order valence-corrected chi connectivity index (χ3v) is 4.66. The standard InChI is InChI=1S/C14H25N3S/c1-3-17(4-2)10-14-16-13(11-18-14)9-15-12-7-5-6-8-12/h11-12,15H,3-10H2,1-2H3. The molecule has 0 bridgehead atoms. The Balaban J connectivity index is 1.78. The van der Waals surface area contributed by atoms with Gasteiger partial charge >= 0.3 is 0 Å². The van der Waals surface area contributed by atoms with E-state index in [1.54, 1.807) is 11.3 Å². The van der Waals surface area contributed by atoms with Gasteiger partial charge in [0.15, 0.2) is 0 Å². The van der Waals surface area contributed by atoms with E-state index in [9.17, 15) is 0 Å². The fourth-order valence-corrected chi connectivity index (χ4v) is 3.36. The molecule has 1 N–H and O–H groups in total. The second-order valence-corrected chi connectivity index (χ2v) is 6.00. The van der Waals surface area contributed by atoms with Crippen molar-refractivity contribution in [2.45, 2.75) is 58.7 Å². The molecule has 1 aromatic heterocycles. The van der Waals surface area contributed by atoms with Crippen LogP contribution in [0.5, 0.6) is 0 Å². The van der Waals surface area contributed by atoms with Gasteiger partial charge in [-0.1, -0.05) is 26.7 Å². The third kappa shape index (κ3) is 4.04. The predicted octanol–water partition coefficient (Wildman–Crippen LogP) is 3.02. The minimum atomic E-state index is 0.734. The summed E-state index contributed by atoms with van der Waals surface area (Å²) in [5.41, 5.74) is 1.22. The zero-order chi connectivity index (χ0) is 12.8. The summed E-state index contributed by atoms with van der Waals surface area (Å²) in [6, 6.07) is 0.734. The summed E-state index contributed by atoms with van der Waals surface area (Å²) in [4.78, 5) is 7.13. The highest BCUT2D eigenvalue weighted by atomic mass is 32.1. The smallest absolute Gasteiger partial charge is 0.107 e. The molecule has 1 fully saturated rings. The first-order valence-electron chi connectivity index (χ1n) is 7.20. The van der Waals surface area contributed by atoms with Gasteiger partial charge in [0.1, 0.15) is 5.01 Å². The lowest BCUT2D eigenvalue weighted by Gasteiger charge is -2.15. The molecule has 0 atom stereocenters. The van der Waals surface area contributed by atoms with Gasteiger partial charge in [0.25, 0.3) is 0 Å². The Hall–Kier alpha value is -0.450. The number of aromatic nitrogens is 1. The monoisotopic (exact) mass is 267 g/mol. The van der Waals surface area contributed by atoms with Crippen molar-refractivity contribution in [2.75, 3.05) is 13.1 Å². The lowest BCUT2D eigenvalue weighted by atomic mass is 10.2. The van der Waals surface area contributed by atoms with Gasteiger partial charge in [-0.15, -0.1) is 11.3 Å². The lowest BCUT2D eigenvalue weighted by Crippen LogP contribution is -2.25. The number of rotatable bonds is 7. The molecular formula is C14H25N3S. The molecule has 0 amide bonds. The molecule has 18 heavy (non-hydrogen) atoms. The maximum atomic E-state index is 4.72. The van der Waals surface area contributed by atoms with E-state index in [0.717, 1.165) is 32.2 Å². The van der Waals surface area contributed by atoms with Gasteiger partial charge in [-0.3, -0.25) is 4.90 Å². The SMILES string of the molecule is CCN(CC)Cc1nc(CNC2CCCC2)cs1. The van der Waals surface area contributed by atoms with Crippen LogP contribution in [0, 0.1) is 0 Å². The first-order chi connectivity index (χ1) is 8.81. The molecule has 0 unspecified atom stereocenters. The Labute approximate surface area is 115 Å². The highest BCUT2D eigenvalue weighted by Crippen LogP contribution is 2.18. The van der Waals surface area contributed by atoms with Crippen molar-refractivity contribution in [1.82, 2.24) is 15.2 Å². The molecule has 1 aromatic rings. The van der Waals surface area contributed by atoms with Crippen LogP contribution in [0.15, 0.2) is 5.38 Å². The molecule has 1 heterocycles. The van der Waals surface area contributed by atoms with Crippen molar-refractivity contribution in [3.63, 3.8) is 0 Å². The fourth-order valence-electron chi connectivity index (χ4n) is 2.52. The van der Waals surface area contributed by atoms with E-state index in [0.29, 0.717) is 0 Å². The molecule has 0 radical (unpaired) electrons. The Morgan fingerprint density at radius 2 is 2.06 bits per heavy atom. The molecule has 0 aliphatic heterocycles. The predicted molar refractivity (Wildman–Crippen MR) is 77.8 cm³/mol. The van der Waals surface area contributed by atoms with Crippen LogP contribution in [-0.2, 0) is 13.1 Å². The second-order valence-electron chi connectivity index (χ2n) is 5.06. The van der Waals surface area contributed by atoms with E-state index in [1.165, 1.54) is 36.4 Å². The Morgan fingerprint density at radius 3 is 2.72 bits per heavy atom. The highest BCUT2D eigenvalue weighted by molar-refractivity contribution is 7.09. The average molecular weight is 267 g/mol. The first kappa shape index (κ1) is 14.0. The zero-order valence-corrected chi connectivity index (χ0v) is 12.4. The third-order valence-electron chi connectivity index (χ3n) is 3.78. The summed E-state index contributed by atoms with van der Waals surface area (Å²) in [5.74, 6) is 0. The molecule has 102 valence electrons. The van der Waals surface area contributed by atoms with Crippen LogP contribution in [0.2, 0.25) is 0 Å². The van der Waals surface area contributed by atoms with Crippen molar-refractivity contribution in [3.05, 3.63) is 16.1 Å². The summed E-state index contributed by atoms with van der Waals surface area (Å²) in [6.45, 7) is 8.57. The van der Waals surface area contributed by atoms with Gasteiger partial charge in [-0.2, -0.15) is 0 Å². The van der Waals surface area contributed by atoms with Gasteiger partial charge in [0, 0.05) is 18.0 Å². The van der Waals surface area contributed by atoms with Gasteiger partial charge in [0.2, 0.25) is 0 Å². The van der Waals surface area contributed by atoms with E-state index in [1.807, 2.05) is 0 Å². The minimum Gasteiger partial charge on any atom is -0.308 e. The highest BCUT2D eigenvalue weighted by Gasteiger charge is 2.14. The summed E-state index contributed by atoms with van der Waals surface area (Å²) in [6.07, 6.45) is 5.47. The van der Waals surface area contributed by atoms with Crippen LogP contribution < -0.4 is 5.32 Å². The van der Waals surface area contributed by atoms with E-state index in [-0.39, 0.29) is 0 Å². The number of nitrogens with one attached hydrogen (secondary N) is 1. The molecular weight excluding hydrogens is 242 g/mol. The molecule has 0 saturated heterocycles. The number of thiazole rings is 1. The average Bonchev–Trinajstić information content (AvgIpc) is 3.05. The lowest BCUT2D eigenvalue weighted by molar-refractivity contribution is 0.295. The van der Waals surface area contributed by atoms with Crippen LogP contribution >= 0.6 is 11.3 Å². The Kier molecular flexibility index (Phi) is 5.60. The van der Waals surface area contributed by atoms with Gasteiger partial charge in [-0.05, 0) is 25.9 Å². The first-order valence-corrected chi connectivity index (χ1v) is 8.08. The van der Waals surface area contributed by atoms with E-state index >= 15 is 0 Å². The molecule has 2 rings (SSSR count). The van der Waals surface area contributed by atoms with Gasteiger partial charge < -0.3 is 5.32 Å². The number of hydrogen-bond acceptors (Lipinski definition) is 4. The van der Waals surface area contributed by atoms with Crippen LogP contribution in [0.25, 0.3) is 0 Å². The second kappa shape index (κ2) is 7.22.